The van der Waals surface area contributed by atoms with Crippen molar-refractivity contribution in [1.82, 2.24) is 5.16 Å². The first-order valence-corrected chi connectivity index (χ1v) is 12.1. The molecule has 0 unspecified atom stereocenters. The van der Waals surface area contributed by atoms with Crippen molar-refractivity contribution in [2.24, 2.45) is 0 Å². The molecule has 2 N–H and O–H groups in total. The maximum Gasteiger partial charge on any atom is 0.416 e. The standard InChI is InChI=1S/C30H27F3N2O3/c1-18(7-8-21-5-4-6-26(17-21)30(31,32)33)34-27-20(3)35-38-28(27)25-15-13-24(14-16-25)23-11-9-22(10-12-23)19(2)29(36)37/h4-6,9-18,34H,2,7-8H2,1,3H3,(H,36,37)/t18-/m0/s1. The normalized spacial score (nSPS) is 12.2. The second-order valence-electron chi connectivity index (χ2n) is 9.19. The predicted molar refractivity (Wildman–Crippen MR) is 142 cm³/mol. The number of hydrogen-bond acceptors (Lipinski definition) is 4. The highest BCUT2D eigenvalue weighted by Gasteiger charge is 2.30. The van der Waals surface area contributed by atoms with Crippen LogP contribution in [0.25, 0.3) is 28.0 Å². The van der Waals surface area contributed by atoms with Crippen LogP contribution in [0.2, 0.25) is 0 Å². The SMILES string of the molecule is C=C(C(=O)O)c1ccc(-c2ccc(-c3onc(C)c3N[C@@H](C)CCc3cccc(C(F)(F)F)c3)cc2)cc1. The molecule has 1 atom stereocenters. The summed E-state index contributed by atoms with van der Waals surface area (Å²) in [6.07, 6.45) is -3.25. The molecule has 3 aromatic carbocycles. The van der Waals surface area contributed by atoms with Gasteiger partial charge in [0.2, 0.25) is 0 Å². The maximum atomic E-state index is 13.0. The van der Waals surface area contributed by atoms with Gasteiger partial charge in [-0.1, -0.05) is 78.5 Å². The van der Waals surface area contributed by atoms with Crippen LogP contribution in [0, 0.1) is 6.92 Å². The van der Waals surface area contributed by atoms with E-state index in [0.717, 1.165) is 28.4 Å². The van der Waals surface area contributed by atoms with Crippen LogP contribution < -0.4 is 5.32 Å². The van der Waals surface area contributed by atoms with Gasteiger partial charge < -0.3 is 14.9 Å². The second-order valence-corrected chi connectivity index (χ2v) is 9.19. The first-order chi connectivity index (χ1) is 18.0. The first-order valence-electron chi connectivity index (χ1n) is 12.1. The first kappa shape index (κ1) is 26.7. The number of benzene rings is 3. The molecule has 0 saturated heterocycles. The Morgan fingerprint density at radius 2 is 1.63 bits per heavy atom. The number of aryl methyl sites for hydroxylation is 2. The van der Waals surface area contributed by atoms with Crippen molar-refractivity contribution in [2.75, 3.05) is 5.32 Å². The third-order valence-corrected chi connectivity index (χ3v) is 6.35. The highest BCUT2D eigenvalue weighted by atomic mass is 19.4. The van der Waals surface area contributed by atoms with Crippen molar-refractivity contribution >= 4 is 17.2 Å². The molecule has 5 nitrogen and oxygen atoms in total. The van der Waals surface area contributed by atoms with Gasteiger partial charge in [-0.25, -0.2) is 4.79 Å². The van der Waals surface area contributed by atoms with Crippen LogP contribution in [0.1, 0.15) is 35.7 Å². The van der Waals surface area contributed by atoms with Gasteiger partial charge in [0.25, 0.3) is 0 Å². The lowest BCUT2D eigenvalue weighted by Crippen LogP contribution is -2.17. The summed E-state index contributed by atoms with van der Waals surface area (Å²) in [6, 6.07) is 20.2. The summed E-state index contributed by atoms with van der Waals surface area (Å²) in [5, 5.41) is 16.6. The second kappa shape index (κ2) is 11.0. The molecule has 0 radical (unpaired) electrons. The van der Waals surface area contributed by atoms with E-state index in [0.29, 0.717) is 35.4 Å². The van der Waals surface area contributed by atoms with Crippen LogP contribution in [0.3, 0.4) is 0 Å². The number of rotatable bonds is 9. The Morgan fingerprint density at radius 1 is 1.03 bits per heavy atom. The molecule has 38 heavy (non-hydrogen) atoms. The minimum absolute atomic E-state index is 0.0386. The fourth-order valence-electron chi connectivity index (χ4n) is 4.14. The number of halogens is 3. The molecule has 0 aliphatic carbocycles. The van der Waals surface area contributed by atoms with E-state index in [4.69, 9.17) is 9.63 Å². The van der Waals surface area contributed by atoms with Gasteiger partial charge in [-0.05, 0) is 55.0 Å². The van der Waals surface area contributed by atoms with Gasteiger partial charge in [0, 0.05) is 11.6 Å². The minimum atomic E-state index is -4.36. The van der Waals surface area contributed by atoms with Crippen LogP contribution >= 0.6 is 0 Å². The molecule has 196 valence electrons. The molecule has 0 spiro atoms. The molecule has 0 aliphatic heterocycles. The molecule has 1 aromatic heterocycles. The zero-order valence-electron chi connectivity index (χ0n) is 21.0. The van der Waals surface area contributed by atoms with Crippen molar-refractivity contribution in [3.63, 3.8) is 0 Å². The summed E-state index contributed by atoms with van der Waals surface area (Å²) in [5.74, 6) is -0.480. The fraction of sp³-hybridized carbons (Fsp3) is 0.200. The van der Waals surface area contributed by atoms with Crippen LogP contribution in [0.5, 0.6) is 0 Å². The lowest BCUT2D eigenvalue weighted by atomic mass is 9.99. The van der Waals surface area contributed by atoms with E-state index < -0.39 is 17.7 Å². The number of nitrogens with zero attached hydrogens (tertiary/aromatic N) is 1. The monoisotopic (exact) mass is 520 g/mol. The Bertz CT molecular complexity index is 1440. The molecule has 0 amide bonds. The van der Waals surface area contributed by atoms with E-state index in [-0.39, 0.29) is 11.6 Å². The number of hydrogen-bond donors (Lipinski definition) is 2. The van der Waals surface area contributed by atoms with Crippen molar-refractivity contribution in [3.8, 4) is 22.5 Å². The topological polar surface area (TPSA) is 75.4 Å². The third kappa shape index (κ3) is 6.14. The summed E-state index contributed by atoms with van der Waals surface area (Å²) in [4.78, 5) is 11.1. The molecule has 0 bridgehead atoms. The van der Waals surface area contributed by atoms with Crippen LogP contribution in [0.4, 0.5) is 18.9 Å². The van der Waals surface area contributed by atoms with E-state index in [1.165, 1.54) is 12.1 Å². The van der Waals surface area contributed by atoms with Gasteiger partial charge in [0.15, 0.2) is 5.76 Å². The molecule has 1 heterocycles. The molecular formula is C30H27F3N2O3. The lowest BCUT2D eigenvalue weighted by Gasteiger charge is -2.16. The van der Waals surface area contributed by atoms with Gasteiger partial charge in [0.1, 0.15) is 11.4 Å². The number of carbonyl (C=O) groups is 1. The fourth-order valence-corrected chi connectivity index (χ4v) is 4.14. The number of carboxylic acid groups (broad SMARTS) is 1. The molecule has 4 aromatic rings. The van der Waals surface area contributed by atoms with Crippen molar-refractivity contribution < 1.29 is 27.6 Å². The van der Waals surface area contributed by atoms with Gasteiger partial charge in [-0.3, -0.25) is 0 Å². The zero-order chi connectivity index (χ0) is 27.4. The van der Waals surface area contributed by atoms with E-state index in [1.54, 1.807) is 18.2 Å². The number of carboxylic acids is 1. The molecule has 0 fully saturated rings. The van der Waals surface area contributed by atoms with Gasteiger partial charge in [-0.15, -0.1) is 0 Å². The van der Waals surface area contributed by atoms with E-state index in [1.807, 2.05) is 50.2 Å². The molecule has 4 rings (SSSR count). The van der Waals surface area contributed by atoms with Gasteiger partial charge >= 0.3 is 12.1 Å². The smallest absolute Gasteiger partial charge is 0.416 e. The van der Waals surface area contributed by atoms with E-state index >= 15 is 0 Å². The zero-order valence-corrected chi connectivity index (χ0v) is 21.0. The van der Waals surface area contributed by atoms with Gasteiger partial charge in [-0.2, -0.15) is 13.2 Å². The Morgan fingerprint density at radius 3 is 2.24 bits per heavy atom. The summed E-state index contributed by atoms with van der Waals surface area (Å²) >= 11 is 0. The number of anilines is 1. The van der Waals surface area contributed by atoms with Gasteiger partial charge in [0.05, 0.1) is 11.1 Å². The average molecular weight is 521 g/mol. The molecule has 8 heteroatoms. The van der Waals surface area contributed by atoms with E-state index in [2.05, 4.69) is 17.1 Å². The van der Waals surface area contributed by atoms with Crippen LogP contribution in [-0.2, 0) is 17.4 Å². The molecule has 0 saturated carbocycles. The summed E-state index contributed by atoms with van der Waals surface area (Å²) in [5.41, 5.74) is 4.69. The predicted octanol–water partition coefficient (Wildman–Crippen LogP) is 7.87. The Hall–Kier alpha value is -4.33. The molecular weight excluding hydrogens is 493 g/mol. The van der Waals surface area contributed by atoms with Crippen molar-refractivity contribution in [1.29, 1.82) is 0 Å². The molecule has 0 aliphatic rings. The number of aliphatic carboxylic acids is 1. The summed E-state index contributed by atoms with van der Waals surface area (Å²) < 4.78 is 44.6. The quantitative estimate of drug-likeness (QED) is 0.220. The maximum absolute atomic E-state index is 13.0. The average Bonchev–Trinajstić information content (AvgIpc) is 3.26. The summed E-state index contributed by atoms with van der Waals surface area (Å²) in [7, 11) is 0. The van der Waals surface area contributed by atoms with Crippen molar-refractivity contribution in [2.45, 2.75) is 38.9 Å². The number of nitrogens with one attached hydrogen (secondary N) is 1. The Balaban J connectivity index is 1.44. The van der Waals surface area contributed by atoms with Crippen molar-refractivity contribution in [3.05, 3.63) is 102 Å². The largest absolute Gasteiger partial charge is 0.478 e. The van der Waals surface area contributed by atoms with E-state index in [9.17, 15) is 18.0 Å². The van der Waals surface area contributed by atoms with Crippen LogP contribution in [-0.4, -0.2) is 22.3 Å². The third-order valence-electron chi connectivity index (χ3n) is 6.35. The highest BCUT2D eigenvalue weighted by Crippen LogP contribution is 2.34. The number of aromatic nitrogens is 1. The Labute approximate surface area is 218 Å². The highest BCUT2D eigenvalue weighted by molar-refractivity contribution is 6.14. The number of alkyl halides is 3. The minimum Gasteiger partial charge on any atom is -0.478 e. The Kier molecular flexibility index (Phi) is 7.71. The van der Waals surface area contributed by atoms with Crippen LogP contribution in [0.15, 0.2) is 83.9 Å². The lowest BCUT2D eigenvalue weighted by molar-refractivity contribution is -0.137. The summed E-state index contributed by atoms with van der Waals surface area (Å²) in [6.45, 7) is 7.38.